The van der Waals surface area contributed by atoms with Crippen LogP contribution in [0.5, 0.6) is 0 Å². The van der Waals surface area contributed by atoms with Gasteiger partial charge in [0.2, 0.25) is 0 Å². The van der Waals surface area contributed by atoms with Crippen LogP contribution in [0.1, 0.15) is 40.0 Å². The molecule has 10 heavy (non-hydrogen) atoms. The van der Waals surface area contributed by atoms with Crippen molar-refractivity contribution in [1.82, 2.24) is 0 Å². The van der Waals surface area contributed by atoms with Gasteiger partial charge in [0.05, 0.1) is 5.71 Å². The molecule has 0 saturated heterocycles. The maximum absolute atomic E-state index is 4.99. The van der Waals surface area contributed by atoms with E-state index in [1.54, 1.807) is 0 Å². The Balaban J connectivity index is 3.28. The van der Waals surface area contributed by atoms with Crippen LogP contribution >= 0.6 is 0 Å². The van der Waals surface area contributed by atoms with Crippen molar-refractivity contribution in [3.8, 4) is 0 Å². The largest absolute Gasteiger partial charge is 0.396 e. The number of oxime groups is 1. The minimum Gasteiger partial charge on any atom is -0.396 e. The van der Waals surface area contributed by atoms with E-state index in [1.165, 1.54) is 0 Å². The van der Waals surface area contributed by atoms with E-state index >= 15 is 0 Å². The van der Waals surface area contributed by atoms with Gasteiger partial charge < -0.3 is 4.84 Å². The Morgan fingerprint density at radius 2 is 2.00 bits per heavy atom. The Morgan fingerprint density at radius 3 is 2.50 bits per heavy atom. The monoisotopic (exact) mass is 143 g/mol. The van der Waals surface area contributed by atoms with Crippen molar-refractivity contribution in [2.75, 3.05) is 6.61 Å². The summed E-state index contributed by atoms with van der Waals surface area (Å²) in [4.78, 5) is 4.99. The SMILES string of the molecule is CCCO/N=C(\C)CCC. The second-order valence-corrected chi connectivity index (χ2v) is 2.41. The second kappa shape index (κ2) is 6.59. The molecule has 0 aromatic heterocycles. The summed E-state index contributed by atoms with van der Waals surface area (Å²) in [5.41, 5.74) is 1.09. The highest BCUT2D eigenvalue weighted by atomic mass is 16.6. The van der Waals surface area contributed by atoms with Gasteiger partial charge in [0.25, 0.3) is 0 Å². The van der Waals surface area contributed by atoms with Gasteiger partial charge in [-0.2, -0.15) is 0 Å². The molecule has 0 heterocycles. The Hall–Kier alpha value is -0.530. The van der Waals surface area contributed by atoms with Crippen molar-refractivity contribution < 1.29 is 4.84 Å². The summed E-state index contributed by atoms with van der Waals surface area (Å²) in [5, 5.41) is 3.92. The van der Waals surface area contributed by atoms with Gasteiger partial charge in [-0.05, 0) is 19.8 Å². The zero-order valence-corrected chi connectivity index (χ0v) is 7.18. The lowest BCUT2D eigenvalue weighted by molar-refractivity contribution is 0.144. The fourth-order valence-corrected chi connectivity index (χ4v) is 0.655. The van der Waals surface area contributed by atoms with Crippen molar-refractivity contribution in [3.63, 3.8) is 0 Å². The first-order valence-corrected chi connectivity index (χ1v) is 3.96. The molecule has 0 spiro atoms. The highest BCUT2D eigenvalue weighted by molar-refractivity contribution is 5.81. The first-order valence-electron chi connectivity index (χ1n) is 3.96. The van der Waals surface area contributed by atoms with Gasteiger partial charge in [-0.25, -0.2) is 0 Å². The molecule has 0 unspecified atom stereocenters. The zero-order valence-electron chi connectivity index (χ0n) is 7.18. The molecule has 0 N–H and O–H groups in total. The van der Waals surface area contributed by atoms with Crippen molar-refractivity contribution in [2.24, 2.45) is 5.16 Å². The van der Waals surface area contributed by atoms with E-state index in [0.717, 1.165) is 31.6 Å². The number of hydrogen-bond acceptors (Lipinski definition) is 2. The average Bonchev–Trinajstić information content (AvgIpc) is 1.89. The van der Waals surface area contributed by atoms with E-state index in [0.29, 0.717) is 0 Å². The van der Waals surface area contributed by atoms with Crippen LogP contribution in [-0.2, 0) is 4.84 Å². The lowest BCUT2D eigenvalue weighted by atomic mass is 10.2. The standard InChI is InChI=1S/C8H17NO/c1-4-6-8(3)9-10-7-5-2/h4-7H2,1-3H3/b9-8+. The third-order valence-corrected chi connectivity index (χ3v) is 1.13. The van der Waals surface area contributed by atoms with Crippen LogP contribution in [-0.4, -0.2) is 12.3 Å². The summed E-state index contributed by atoms with van der Waals surface area (Å²) in [6.07, 6.45) is 3.22. The summed E-state index contributed by atoms with van der Waals surface area (Å²) in [6.45, 7) is 6.95. The molecule has 0 aliphatic carbocycles. The Bertz CT molecular complexity index is 99.4. The van der Waals surface area contributed by atoms with Gasteiger partial charge in [0, 0.05) is 0 Å². The molecule has 0 bridgehead atoms. The quantitative estimate of drug-likeness (QED) is 0.329. The molecular weight excluding hydrogens is 126 g/mol. The third-order valence-electron chi connectivity index (χ3n) is 1.13. The van der Waals surface area contributed by atoms with Crippen LogP contribution in [0.2, 0.25) is 0 Å². The molecule has 2 nitrogen and oxygen atoms in total. The highest BCUT2D eigenvalue weighted by Gasteiger charge is 1.87. The first kappa shape index (κ1) is 9.47. The van der Waals surface area contributed by atoms with Crippen LogP contribution in [0.25, 0.3) is 0 Å². The molecule has 0 aliphatic rings. The lowest BCUT2D eigenvalue weighted by Gasteiger charge is -1.97. The number of nitrogens with zero attached hydrogens (tertiary/aromatic N) is 1. The minimum absolute atomic E-state index is 0.737. The molecule has 0 fully saturated rings. The van der Waals surface area contributed by atoms with Gasteiger partial charge in [-0.1, -0.05) is 25.4 Å². The first-order chi connectivity index (χ1) is 4.81. The molecule has 0 rings (SSSR count). The number of hydrogen-bond donors (Lipinski definition) is 0. The molecule has 0 saturated carbocycles. The van der Waals surface area contributed by atoms with Crippen molar-refractivity contribution >= 4 is 5.71 Å². The highest BCUT2D eigenvalue weighted by Crippen LogP contribution is 1.92. The van der Waals surface area contributed by atoms with Gasteiger partial charge in [0.1, 0.15) is 6.61 Å². The molecule has 0 amide bonds. The van der Waals surface area contributed by atoms with Gasteiger partial charge >= 0.3 is 0 Å². The van der Waals surface area contributed by atoms with Crippen LogP contribution < -0.4 is 0 Å². The molecular formula is C8H17NO. The maximum atomic E-state index is 4.99. The predicted molar refractivity (Wildman–Crippen MR) is 44.3 cm³/mol. The van der Waals surface area contributed by atoms with Gasteiger partial charge in [-0.15, -0.1) is 0 Å². The maximum Gasteiger partial charge on any atom is 0.116 e. The van der Waals surface area contributed by atoms with Crippen LogP contribution in [0.15, 0.2) is 5.16 Å². The predicted octanol–water partition coefficient (Wildman–Crippen LogP) is 2.59. The Kier molecular flexibility index (Phi) is 6.24. The van der Waals surface area contributed by atoms with E-state index < -0.39 is 0 Å². The van der Waals surface area contributed by atoms with Crippen LogP contribution in [0, 0.1) is 0 Å². The topological polar surface area (TPSA) is 21.6 Å². The van der Waals surface area contributed by atoms with Crippen LogP contribution in [0.3, 0.4) is 0 Å². The molecule has 0 aromatic rings. The normalized spacial score (nSPS) is 11.7. The second-order valence-electron chi connectivity index (χ2n) is 2.41. The number of rotatable bonds is 5. The fraction of sp³-hybridized carbons (Fsp3) is 0.875. The molecule has 2 heteroatoms. The smallest absolute Gasteiger partial charge is 0.116 e. The van der Waals surface area contributed by atoms with Crippen molar-refractivity contribution in [3.05, 3.63) is 0 Å². The summed E-state index contributed by atoms with van der Waals surface area (Å²) in [6, 6.07) is 0. The van der Waals surface area contributed by atoms with Crippen LogP contribution in [0.4, 0.5) is 0 Å². The van der Waals surface area contributed by atoms with E-state index in [2.05, 4.69) is 19.0 Å². The molecule has 0 radical (unpaired) electrons. The van der Waals surface area contributed by atoms with E-state index in [9.17, 15) is 0 Å². The third kappa shape index (κ3) is 5.60. The summed E-state index contributed by atoms with van der Waals surface area (Å²) < 4.78 is 0. The van der Waals surface area contributed by atoms with E-state index in [1.807, 2.05) is 6.92 Å². The molecule has 0 aliphatic heterocycles. The Morgan fingerprint density at radius 1 is 1.30 bits per heavy atom. The molecule has 60 valence electrons. The summed E-state index contributed by atoms with van der Waals surface area (Å²) in [7, 11) is 0. The van der Waals surface area contributed by atoms with Crippen molar-refractivity contribution in [1.29, 1.82) is 0 Å². The van der Waals surface area contributed by atoms with E-state index in [4.69, 9.17) is 4.84 Å². The summed E-state index contributed by atoms with van der Waals surface area (Å²) >= 11 is 0. The minimum atomic E-state index is 0.737. The van der Waals surface area contributed by atoms with Crippen molar-refractivity contribution in [2.45, 2.75) is 40.0 Å². The van der Waals surface area contributed by atoms with E-state index in [-0.39, 0.29) is 0 Å². The fourth-order valence-electron chi connectivity index (χ4n) is 0.655. The average molecular weight is 143 g/mol. The lowest BCUT2D eigenvalue weighted by Crippen LogP contribution is -1.93. The molecule has 0 aromatic carbocycles. The Labute approximate surface area is 63.3 Å². The van der Waals surface area contributed by atoms with Gasteiger partial charge in [-0.3, -0.25) is 0 Å². The van der Waals surface area contributed by atoms with Gasteiger partial charge in [0.15, 0.2) is 0 Å². The zero-order chi connectivity index (χ0) is 7.82. The summed E-state index contributed by atoms with van der Waals surface area (Å²) in [5.74, 6) is 0. The molecule has 0 atom stereocenters.